The molecule has 1 aliphatic heterocycles. The van der Waals surface area contributed by atoms with E-state index in [1.54, 1.807) is 13.0 Å². The Labute approximate surface area is 140 Å². The molecule has 1 amide bonds. The Bertz CT molecular complexity index is 839. The quantitative estimate of drug-likeness (QED) is 0.812. The van der Waals surface area contributed by atoms with E-state index in [2.05, 4.69) is 25.4 Å². The van der Waals surface area contributed by atoms with Gasteiger partial charge in [0.1, 0.15) is 17.5 Å². The molecule has 3 heterocycles. The van der Waals surface area contributed by atoms with Gasteiger partial charge in [0.2, 0.25) is 5.71 Å². The first-order chi connectivity index (χ1) is 11.4. The molecule has 128 valence electrons. The molecule has 0 N–H and O–H groups in total. The number of furan rings is 1. The summed E-state index contributed by atoms with van der Waals surface area (Å²) >= 11 is 0. The molecule has 1 saturated heterocycles. The lowest BCUT2D eigenvalue weighted by Gasteiger charge is -2.34. The second-order valence-corrected chi connectivity index (χ2v) is 6.86. The molecule has 6 heteroatoms. The van der Waals surface area contributed by atoms with Crippen LogP contribution in [0.2, 0.25) is 0 Å². The summed E-state index contributed by atoms with van der Waals surface area (Å²) in [5, 5.41) is 0.271. The standard InChI is InChI=1S/C18H23N3O3/c1-5-6-20-10-19-16-15(18(20)23)14(13(4)24-16)17(22)21-8-11(2)7-12(3)9-21/h5,10-12H,1,6-9H2,2-4H3. The van der Waals surface area contributed by atoms with Crippen LogP contribution in [0.25, 0.3) is 11.1 Å². The molecule has 0 saturated carbocycles. The van der Waals surface area contributed by atoms with Gasteiger partial charge in [0.15, 0.2) is 0 Å². The fourth-order valence-electron chi connectivity index (χ4n) is 3.65. The summed E-state index contributed by atoms with van der Waals surface area (Å²) < 4.78 is 7.01. The van der Waals surface area contributed by atoms with Crippen molar-refractivity contribution < 1.29 is 9.21 Å². The van der Waals surface area contributed by atoms with Crippen LogP contribution in [-0.2, 0) is 6.54 Å². The number of aromatic nitrogens is 2. The number of likely N-dealkylation sites (tertiary alicyclic amines) is 1. The van der Waals surface area contributed by atoms with Gasteiger partial charge in [-0.1, -0.05) is 19.9 Å². The average Bonchev–Trinajstić information content (AvgIpc) is 2.85. The Kier molecular flexibility index (Phi) is 4.30. The van der Waals surface area contributed by atoms with Crippen molar-refractivity contribution in [2.24, 2.45) is 11.8 Å². The number of rotatable bonds is 3. The van der Waals surface area contributed by atoms with Gasteiger partial charge in [0.25, 0.3) is 11.5 Å². The zero-order valence-corrected chi connectivity index (χ0v) is 14.4. The van der Waals surface area contributed by atoms with Crippen LogP contribution < -0.4 is 5.56 Å². The van der Waals surface area contributed by atoms with E-state index < -0.39 is 0 Å². The van der Waals surface area contributed by atoms with Crippen molar-refractivity contribution in [3.8, 4) is 0 Å². The van der Waals surface area contributed by atoms with Crippen molar-refractivity contribution in [1.82, 2.24) is 14.5 Å². The lowest BCUT2D eigenvalue weighted by molar-refractivity contribution is 0.0623. The topological polar surface area (TPSA) is 68.3 Å². The molecule has 0 spiro atoms. The van der Waals surface area contributed by atoms with Crippen LogP contribution in [-0.4, -0.2) is 33.4 Å². The highest BCUT2D eigenvalue weighted by Gasteiger charge is 2.31. The zero-order chi connectivity index (χ0) is 17.4. The van der Waals surface area contributed by atoms with E-state index in [-0.39, 0.29) is 22.6 Å². The third-order valence-electron chi connectivity index (χ3n) is 4.55. The molecule has 1 fully saturated rings. The van der Waals surface area contributed by atoms with Gasteiger partial charge in [0.05, 0.1) is 5.56 Å². The summed E-state index contributed by atoms with van der Waals surface area (Å²) in [7, 11) is 0. The SMILES string of the molecule is C=CCn1cnc2oc(C)c(C(=O)N3CC(C)CC(C)C3)c2c1=O. The monoisotopic (exact) mass is 329 g/mol. The van der Waals surface area contributed by atoms with Gasteiger partial charge in [-0.25, -0.2) is 4.98 Å². The van der Waals surface area contributed by atoms with Crippen LogP contribution >= 0.6 is 0 Å². The van der Waals surface area contributed by atoms with Crippen LogP contribution in [0, 0.1) is 18.8 Å². The van der Waals surface area contributed by atoms with Crippen molar-refractivity contribution in [2.45, 2.75) is 33.7 Å². The Morgan fingerprint density at radius 2 is 2.08 bits per heavy atom. The number of nitrogens with zero attached hydrogens (tertiary/aromatic N) is 3. The summed E-state index contributed by atoms with van der Waals surface area (Å²) in [6.07, 6.45) is 4.16. The van der Waals surface area contributed by atoms with Crippen LogP contribution in [0.3, 0.4) is 0 Å². The van der Waals surface area contributed by atoms with Crippen LogP contribution in [0.4, 0.5) is 0 Å². The molecular formula is C18H23N3O3. The fraction of sp³-hybridized carbons (Fsp3) is 0.500. The molecule has 2 aromatic heterocycles. The second kappa shape index (κ2) is 6.26. The smallest absolute Gasteiger partial charge is 0.265 e. The lowest BCUT2D eigenvalue weighted by Crippen LogP contribution is -2.43. The fourth-order valence-corrected chi connectivity index (χ4v) is 3.65. The predicted octanol–water partition coefficient (Wildman–Crippen LogP) is 2.60. The lowest BCUT2D eigenvalue weighted by atomic mass is 9.91. The predicted molar refractivity (Wildman–Crippen MR) is 92.1 cm³/mol. The molecule has 0 aromatic carbocycles. The molecule has 3 rings (SSSR count). The molecule has 2 aromatic rings. The number of carbonyl (C=O) groups is 1. The van der Waals surface area contributed by atoms with E-state index in [1.165, 1.54) is 10.9 Å². The van der Waals surface area contributed by atoms with Gasteiger partial charge < -0.3 is 9.32 Å². The van der Waals surface area contributed by atoms with E-state index in [0.29, 0.717) is 42.8 Å². The second-order valence-electron chi connectivity index (χ2n) is 6.86. The van der Waals surface area contributed by atoms with Crippen LogP contribution in [0.5, 0.6) is 0 Å². The van der Waals surface area contributed by atoms with E-state index in [1.807, 2.05) is 4.90 Å². The Hall–Kier alpha value is -2.37. The minimum Gasteiger partial charge on any atom is -0.442 e. The third kappa shape index (κ3) is 2.77. The first kappa shape index (κ1) is 16.5. The molecule has 0 aliphatic carbocycles. The number of amides is 1. The first-order valence-corrected chi connectivity index (χ1v) is 8.31. The van der Waals surface area contributed by atoms with Gasteiger partial charge in [-0.15, -0.1) is 6.58 Å². The van der Waals surface area contributed by atoms with Gasteiger partial charge >= 0.3 is 0 Å². The van der Waals surface area contributed by atoms with E-state index >= 15 is 0 Å². The summed E-state index contributed by atoms with van der Waals surface area (Å²) in [5.41, 5.74) is 0.305. The Morgan fingerprint density at radius 3 is 2.71 bits per heavy atom. The van der Waals surface area contributed by atoms with Crippen molar-refractivity contribution in [2.75, 3.05) is 13.1 Å². The number of fused-ring (bicyclic) bond motifs is 1. The molecule has 2 atom stereocenters. The van der Waals surface area contributed by atoms with Gasteiger partial charge in [0, 0.05) is 19.6 Å². The van der Waals surface area contributed by atoms with E-state index in [9.17, 15) is 9.59 Å². The van der Waals surface area contributed by atoms with Gasteiger partial charge in [-0.2, -0.15) is 0 Å². The number of aryl methyl sites for hydroxylation is 1. The molecule has 2 unspecified atom stereocenters. The van der Waals surface area contributed by atoms with Crippen LogP contribution in [0.15, 0.2) is 28.2 Å². The largest absolute Gasteiger partial charge is 0.442 e. The number of hydrogen-bond acceptors (Lipinski definition) is 4. The first-order valence-electron chi connectivity index (χ1n) is 8.31. The minimum atomic E-state index is -0.266. The van der Waals surface area contributed by atoms with E-state index in [0.717, 1.165) is 6.42 Å². The van der Waals surface area contributed by atoms with Crippen molar-refractivity contribution in [1.29, 1.82) is 0 Å². The molecular weight excluding hydrogens is 306 g/mol. The number of carbonyl (C=O) groups excluding carboxylic acids is 1. The van der Waals surface area contributed by atoms with Crippen LogP contribution in [0.1, 0.15) is 36.4 Å². The van der Waals surface area contributed by atoms with Crippen molar-refractivity contribution in [3.63, 3.8) is 0 Å². The van der Waals surface area contributed by atoms with Gasteiger partial charge in [-0.05, 0) is 25.2 Å². The van der Waals surface area contributed by atoms with E-state index in [4.69, 9.17) is 4.42 Å². The third-order valence-corrected chi connectivity index (χ3v) is 4.55. The summed E-state index contributed by atoms with van der Waals surface area (Å²) in [6, 6.07) is 0. The van der Waals surface area contributed by atoms with Crippen molar-refractivity contribution in [3.05, 3.63) is 40.7 Å². The molecule has 1 aliphatic rings. The highest BCUT2D eigenvalue weighted by atomic mass is 16.3. The summed E-state index contributed by atoms with van der Waals surface area (Å²) in [6.45, 7) is 11.4. The zero-order valence-electron chi connectivity index (χ0n) is 14.4. The number of hydrogen-bond donors (Lipinski definition) is 0. The summed E-state index contributed by atoms with van der Waals surface area (Å²) in [5.74, 6) is 1.21. The normalized spacial score (nSPS) is 21.2. The maximum atomic E-state index is 13.1. The maximum Gasteiger partial charge on any atom is 0.265 e. The number of allylic oxidation sites excluding steroid dienone is 1. The van der Waals surface area contributed by atoms with Crippen molar-refractivity contribution >= 4 is 17.0 Å². The maximum absolute atomic E-state index is 13.1. The average molecular weight is 329 g/mol. The minimum absolute atomic E-state index is 0.139. The highest BCUT2D eigenvalue weighted by molar-refractivity contribution is 6.06. The van der Waals surface area contributed by atoms with Gasteiger partial charge in [-0.3, -0.25) is 14.2 Å². The summed E-state index contributed by atoms with van der Waals surface area (Å²) in [4.78, 5) is 31.8. The molecule has 0 bridgehead atoms. The number of piperidine rings is 1. The molecule has 24 heavy (non-hydrogen) atoms. The highest BCUT2D eigenvalue weighted by Crippen LogP contribution is 2.27. The molecule has 0 radical (unpaired) electrons. The molecule has 6 nitrogen and oxygen atoms in total. The Balaban J connectivity index is 2.09. The Morgan fingerprint density at radius 1 is 1.42 bits per heavy atom.